The van der Waals surface area contributed by atoms with E-state index in [1.54, 1.807) is 18.9 Å². The van der Waals surface area contributed by atoms with Crippen LogP contribution >= 0.6 is 0 Å². The van der Waals surface area contributed by atoms with E-state index in [-0.39, 0.29) is 23.2 Å². The molecule has 2 aromatic carbocycles. The van der Waals surface area contributed by atoms with Crippen LogP contribution in [0.1, 0.15) is 40.9 Å². The number of non-ortho nitro benzene ring substituents is 1. The minimum atomic E-state index is -0.741. The van der Waals surface area contributed by atoms with Crippen molar-refractivity contribution in [3.05, 3.63) is 75.3 Å². The Balaban J connectivity index is 1.68. The van der Waals surface area contributed by atoms with E-state index in [2.05, 4.69) is 11.4 Å². The molecule has 2 atom stereocenters. The topological polar surface area (TPSA) is 92.5 Å². The third-order valence-corrected chi connectivity index (χ3v) is 4.95. The van der Waals surface area contributed by atoms with Crippen LogP contribution in [0.2, 0.25) is 0 Å². The molecule has 0 radical (unpaired) electrons. The van der Waals surface area contributed by atoms with Gasteiger partial charge in [0.2, 0.25) is 5.91 Å². The van der Waals surface area contributed by atoms with Crippen molar-refractivity contribution in [3.63, 3.8) is 0 Å². The molecule has 0 saturated carbocycles. The predicted octanol–water partition coefficient (Wildman–Crippen LogP) is 2.86. The maximum atomic E-state index is 12.8. The summed E-state index contributed by atoms with van der Waals surface area (Å²) in [5, 5.41) is 13.5. The third-order valence-electron chi connectivity index (χ3n) is 4.95. The zero-order valence-electron chi connectivity index (χ0n) is 15.2. The Kier molecular flexibility index (Phi) is 5.21. The number of nitrogens with zero attached hydrogens (tertiary/aromatic N) is 2. The van der Waals surface area contributed by atoms with Crippen molar-refractivity contribution in [2.75, 3.05) is 7.05 Å². The van der Waals surface area contributed by atoms with E-state index in [0.29, 0.717) is 0 Å². The molecule has 1 N–H and O–H groups in total. The number of amides is 2. The first-order valence-electron chi connectivity index (χ1n) is 8.78. The number of nitro benzene ring substituents is 1. The highest BCUT2D eigenvalue weighted by Gasteiger charge is 2.31. The van der Waals surface area contributed by atoms with E-state index in [9.17, 15) is 19.7 Å². The minimum Gasteiger partial charge on any atom is -0.341 e. The summed E-state index contributed by atoms with van der Waals surface area (Å²) in [7, 11) is 1.74. The lowest BCUT2D eigenvalue weighted by Gasteiger charge is -2.28. The fourth-order valence-corrected chi connectivity index (χ4v) is 3.50. The van der Waals surface area contributed by atoms with Gasteiger partial charge in [-0.25, -0.2) is 0 Å². The van der Waals surface area contributed by atoms with Gasteiger partial charge < -0.3 is 10.2 Å². The summed E-state index contributed by atoms with van der Waals surface area (Å²) in [4.78, 5) is 37.1. The number of aryl methyl sites for hydroxylation is 1. The molecule has 2 aromatic rings. The van der Waals surface area contributed by atoms with Crippen molar-refractivity contribution >= 4 is 17.5 Å². The van der Waals surface area contributed by atoms with Crippen LogP contribution in [-0.2, 0) is 11.2 Å². The standard InChI is InChI=1S/C20H21N3O4/c1-13(21-19(24)15-7-5-8-16(12-15)23(26)27)20(25)22(2)18-11-10-14-6-3-4-9-17(14)18/h3-9,12-13,18H,10-11H2,1-2H3,(H,21,24)/t13-,18+/m0/s1. The van der Waals surface area contributed by atoms with Crippen LogP contribution in [0.4, 0.5) is 5.69 Å². The largest absolute Gasteiger partial charge is 0.341 e. The first kappa shape index (κ1) is 18.6. The second kappa shape index (κ2) is 7.57. The molecule has 0 fully saturated rings. The molecule has 27 heavy (non-hydrogen) atoms. The van der Waals surface area contributed by atoms with Crippen molar-refractivity contribution < 1.29 is 14.5 Å². The summed E-state index contributed by atoms with van der Waals surface area (Å²) in [5.74, 6) is -0.713. The fraction of sp³-hybridized carbons (Fsp3) is 0.300. The number of hydrogen-bond donors (Lipinski definition) is 1. The lowest BCUT2D eigenvalue weighted by atomic mass is 10.1. The monoisotopic (exact) mass is 367 g/mol. The van der Waals surface area contributed by atoms with Gasteiger partial charge in [-0.1, -0.05) is 30.3 Å². The number of hydrogen-bond acceptors (Lipinski definition) is 4. The van der Waals surface area contributed by atoms with Crippen LogP contribution in [0.15, 0.2) is 48.5 Å². The Morgan fingerprint density at radius 3 is 2.70 bits per heavy atom. The molecule has 0 saturated heterocycles. The van der Waals surface area contributed by atoms with Gasteiger partial charge in [0.15, 0.2) is 0 Å². The van der Waals surface area contributed by atoms with Crippen LogP contribution < -0.4 is 5.32 Å². The number of fused-ring (bicyclic) bond motifs is 1. The highest BCUT2D eigenvalue weighted by molar-refractivity contribution is 5.97. The van der Waals surface area contributed by atoms with Gasteiger partial charge in [-0.2, -0.15) is 0 Å². The molecule has 7 heteroatoms. The van der Waals surface area contributed by atoms with E-state index < -0.39 is 16.9 Å². The van der Waals surface area contributed by atoms with E-state index in [1.807, 2.05) is 18.2 Å². The van der Waals surface area contributed by atoms with Gasteiger partial charge in [0.25, 0.3) is 11.6 Å². The van der Waals surface area contributed by atoms with E-state index >= 15 is 0 Å². The summed E-state index contributed by atoms with van der Waals surface area (Å²) < 4.78 is 0. The lowest BCUT2D eigenvalue weighted by Crippen LogP contribution is -2.46. The molecular weight excluding hydrogens is 346 g/mol. The van der Waals surface area contributed by atoms with Gasteiger partial charge in [-0.3, -0.25) is 19.7 Å². The van der Waals surface area contributed by atoms with Gasteiger partial charge >= 0.3 is 0 Å². The molecule has 0 spiro atoms. The second-order valence-corrected chi connectivity index (χ2v) is 6.71. The summed E-state index contributed by atoms with van der Waals surface area (Å²) in [6.07, 6.45) is 1.78. The van der Waals surface area contributed by atoms with Crippen LogP contribution in [0.3, 0.4) is 0 Å². The molecule has 1 aliphatic rings. The molecule has 0 aliphatic heterocycles. The van der Waals surface area contributed by atoms with Crippen LogP contribution in [0.5, 0.6) is 0 Å². The normalized spacial score (nSPS) is 16.3. The summed E-state index contributed by atoms with van der Waals surface area (Å²) in [6, 6.07) is 12.7. The van der Waals surface area contributed by atoms with Crippen molar-refractivity contribution in [2.24, 2.45) is 0 Å². The first-order valence-corrected chi connectivity index (χ1v) is 8.78. The van der Waals surface area contributed by atoms with Crippen LogP contribution in [-0.4, -0.2) is 34.7 Å². The second-order valence-electron chi connectivity index (χ2n) is 6.71. The molecule has 0 aromatic heterocycles. The molecule has 2 amide bonds. The molecule has 1 aliphatic carbocycles. The Bertz CT molecular complexity index is 896. The number of carbonyl (C=O) groups is 2. The molecule has 3 rings (SSSR count). The Morgan fingerprint density at radius 1 is 1.22 bits per heavy atom. The van der Waals surface area contributed by atoms with E-state index in [0.717, 1.165) is 18.4 Å². The number of carbonyl (C=O) groups excluding carboxylic acids is 2. The number of nitro groups is 1. The highest BCUT2D eigenvalue weighted by Crippen LogP contribution is 2.35. The van der Waals surface area contributed by atoms with Gasteiger partial charge in [-0.15, -0.1) is 0 Å². The van der Waals surface area contributed by atoms with Gasteiger partial charge in [0.1, 0.15) is 6.04 Å². The number of benzene rings is 2. The van der Waals surface area contributed by atoms with Crippen molar-refractivity contribution in [1.29, 1.82) is 0 Å². The number of nitrogens with one attached hydrogen (secondary N) is 1. The molecule has 0 bridgehead atoms. The van der Waals surface area contributed by atoms with Gasteiger partial charge in [0.05, 0.1) is 11.0 Å². The Morgan fingerprint density at radius 2 is 1.96 bits per heavy atom. The smallest absolute Gasteiger partial charge is 0.270 e. The van der Waals surface area contributed by atoms with Crippen LogP contribution in [0.25, 0.3) is 0 Å². The van der Waals surface area contributed by atoms with Crippen molar-refractivity contribution in [3.8, 4) is 0 Å². The predicted molar refractivity (Wildman–Crippen MR) is 100 cm³/mol. The molecule has 0 unspecified atom stereocenters. The summed E-state index contributed by atoms with van der Waals surface area (Å²) in [5.41, 5.74) is 2.38. The quantitative estimate of drug-likeness (QED) is 0.650. The van der Waals surface area contributed by atoms with E-state index in [1.165, 1.54) is 29.8 Å². The zero-order chi connectivity index (χ0) is 19.6. The third kappa shape index (κ3) is 3.81. The van der Waals surface area contributed by atoms with Gasteiger partial charge in [-0.05, 0) is 37.0 Å². The molecular formula is C20H21N3O4. The van der Waals surface area contributed by atoms with Crippen molar-refractivity contribution in [1.82, 2.24) is 10.2 Å². The Labute approximate surface area is 157 Å². The number of rotatable bonds is 5. The average molecular weight is 367 g/mol. The molecule has 0 heterocycles. The first-order chi connectivity index (χ1) is 12.9. The number of likely N-dealkylation sites (N-methyl/N-ethyl adjacent to an activating group) is 1. The Hall–Kier alpha value is -3.22. The SMILES string of the molecule is C[C@H](NC(=O)c1cccc([N+](=O)[O-])c1)C(=O)N(C)[C@@H]1CCc2ccccc21. The maximum absolute atomic E-state index is 12.8. The molecule has 7 nitrogen and oxygen atoms in total. The minimum absolute atomic E-state index is 0.00846. The zero-order valence-corrected chi connectivity index (χ0v) is 15.2. The fourth-order valence-electron chi connectivity index (χ4n) is 3.50. The van der Waals surface area contributed by atoms with Crippen LogP contribution in [0, 0.1) is 10.1 Å². The summed E-state index contributed by atoms with van der Waals surface area (Å²) in [6.45, 7) is 1.62. The maximum Gasteiger partial charge on any atom is 0.270 e. The average Bonchev–Trinajstić information content (AvgIpc) is 3.10. The van der Waals surface area contributed by atoms with Gasteiger partial charge in [0, 0.05) is 24.7 Å². The lowest BCUT2D eigenvalue weighted by molar-refractivity contribution is -0.384. The molecule has 140 valence electrons. The highest BCUT2D eigenvalue weighted by atomic mass is 16.6. The summed E-state index contributed by atoms with van der Waals surface area (Å²) >= 11 is 0. The van der Waals surface area contributed by atoms with Crippen molar-refractivity contribution in [2.45, 2.75) is 31.8 Å². The van der Waals surface area contributed by atoms with E-state index in [4.69, 9.17) is 0 Å².